The molecule has 112 valence electrons. The van der Waals surface area contributed by atoms with Crippen LogP contribution >= 0.6 is 11.5 Å². The summed E-state index contributed by atoms with van der Waals surface area (Å²) in [6.45, 7) is 1.81. The van der Waals surface area contributed by atoms with Gasteiger partial charge in [-0.3, -0.25) is 10.1 Å². The van der Waals surface area contributed by atoms with E-state index >= 15 is 0 Å². The van der Waals surface area contributed by atoms with Gasteiger partial charge in [0, 0.05) is 29.8 Å². The predicted molar refractivity (Wildman–Crippen MR) is 78.8 cm³/mol. The Morgan fingerprint density at radius 3 is 2.76 bits per heavy atom. The Kier molecular flexibility index (Phi) is 4.66. The van der Waals surface area contributed by atoms with Crippen LogP contribution in [0.1, 0.15) is 10.4 Å². The lowest BCUT2D eigenvalue weighted by Crippen LogP contribution is -2.26. The van der Waals surface area contributed by atoms with Crippen molar-refractivity contribution in [3.63, 3.8) is 0 Å². The van der Waals surface area contributed by atoms with Gasteiger partial charge in [-0.15, -0.1) is 0 Å². The zero-order valence-corrected chi connectivity index (χ0v) is 12.8. The third kappa shape index (κ3) is 3.84. The van der Waals surface area contributed by atoms with Crippen molar-refractivity contribution in [2.45, 2.75) is 18.2 Å². The zero-order chi connectivity index (χ0) is 15.5. The molecule has 0 atom stereocenters. The quantitative estimate of drug-likeness (QED) is 0.644. The van der Waals surface area contributed by atoms with Crippen LogP contribution < -0.4 is 4.72 Å². The Morgan fingerprint density at radius 2 is 2.14 bits per heavy atom. The molecule has 0 fully saturated rings. The molecule has 1 N–H and O–H groups in total. The molecule has 0 unspecified atom stereocenters. The Hall–Kier alpha value is -1.84. The van der Waals surface area contributed by atoms with Crippen molar-refractivity contribution in [2.75, 3.05) is 6.54 Å². The number of nitro groups is 1. The Balaban J connectivity index is 2.15. The van der Waals surface area contributed by atoms with Gasteiger partial charge >= 0.3 is 0 Å². The minimum atomic E-state index is -3.77. The molecule has 0 saturated heterocycles. The van der Waals surface area contributed by atoms with Crippen LogP contribution in [0.4, 0.5) is 5.69 Å². The zero-order valence-electron chi connectivity index (χ0n) is 11.1. The second-order valence-corrected chi connectivity index (χ2v) is 6.99. The van der Waals surface area contributed by atoms with Crippen molar-refractivity contribution in [3.8, 4) is 0 Å². The number of sulfonamides is 1. The summed E-state index contributed by atoms with van der Waals surface area (Å²) in [4.78, 5) is 11.0. The maximum atomic E-state index is 12.2. The molecule has 0 aliphatic rings. The first-order chi connectivity index (χ1) is 9.90. The van der Waals surface area contributed by atoms with Crippen LogP contribution in [0.25, 0.3) is 0 Å². The summed E-state index contributed by atoms with van der Waals surface area (Å²) >= 11 is 1.30. The van der Waals surface area contributed by atoms with Crippen molar-refractivity contribution < 1.29 is 13.3 Å². The average molecular weight is 327 g/mol. The molecule has 0 amide bonds. The summed E-state index contributed by atoms with van der Waals surface area (Å²) in [5.74, 6) is 0. The molecule has 1 aromatic carbocycles. The van der Waals surface area contributed by atoms with Crippen LogP contribution in [0, 0.1) is 17.0 Å². The minimum absolute atomic E-state index is 0.0685. The largest absolute Gasteiger partial charge is 0.270 e. The van der Waals surface area contributed by atoms with E-state index in [0.29, 0.717) is 12.0 Å². The van der Waals surface area contributed by atoms with Gasteiger partial charge in [-0.25, -0.2) is 17.5 Å². The Morgan fingerprint density at radius 1 is 1.38 bits per heavy atom. The fourth-order valence-corrected chi connectivity index (χ4v) is 3.62. The first-order valence-corrected chi connectivity index (χ1v) is 8.30. The van der Waals surface area contributed by atoms with Crippen LogP contribution in [0.3, 0.4) is 0 Å². The first kappa shape index (κ1) is 15.5. The molecule has 9 heteroatoms. The van der Waals surface area contributed by atoms with Crippen LogP contribution in [0.2, 0.25) is 0 Å². The van der Waals surface area contributed by atoms with Crippen molar-refractivity contribution in [1.29, 1.82) is 0 Å². The number of nitrogens with zero attached hydrogens (tertiary/aromatic N) is 2. The fourth-order valence-electron chi connectivity index (χ4n) is 1.75. The van der Waals surface area contributed by atoms with Gasteiger partial charge in [-0.1, -0.05) is 6.07 Å². The van der Waals surface area contributed by atoms with Gasteiger partial charge < -0.3 is 0 Å². The molecule has 7 nitrogen and oxygen atoms in total. The van der Waals surface area contributed by atoms with Gasteiger partial charge in [-0.2, -0.15) is 0 Å². The molecule has 0 bridgehead atoms. The van der Waals surface area contributed by atoms with Crippen molar-refractivity contribution in [2.24, 2.45) is 0 Å². The van der Waals surface area contributed by atoms with Gasteiger partial charge in [0.25, 0.3) is 5.69 Å². The standard InChI is InChI=1S/C12H13N3O4S2/c1-9-2-3-10(15(16)17)8-12(9)21(18,19)14-7-5-11-4-6-13-20-11/h2-4,6,8,14H,5,7H2,1H3. The van der Waals surface area contributed by atoms with E-state index in [-0.39, 0.29) is 17.1 Å². The highest BCUT2D eigenvalue weighted by Crippen LogP contribution is 2.21. The normalized spacial score (nSPS) is 11.5. The van der Waals surface area contributed by atoms with Crippen LogP contribution in [0.15, 0.2) is 35.4 Å². The summed E-state index contributed by atoms with van der Waals surface area (Å²) in [6, 6.07) is 5.60. The lowest BCUT2D eigenvalue weighted by Gasteiger charge is -2.08. The number of non-ortho nitro benzene ring substituents is 1. The van der Waals surface area contributed by atoms with Gasteiger partial charge in [-0.05, 0) is 36.5 Å². The van der Waals surface area contributed by atoms with E-state index in [4.69, 9.17) is 0 Å². The summed E-state index contributed by atoms with van der Waals surface area (Å²) < 4.78 is 30.8. The lowest BCUT2D eigenvalue weighted by molar-refractivity contribution is -0.385. The van der Waals surface area contributed by atoms with E-state index in [1.165, 1.54) is 23.7 Å². The molecule has 0 spiro atoms. The summed E-state index contributed by atoms with van der Waals surface area (Å²) in [6.07, 6.45) is 2.18. The number of hydrogen-bond acceptors (Lipinski definition) is 6. The number of rotatable bonds is 6. The summed E-state index contributed by atoms with van der Waals surface area (Å²) in [7, 11) is -3.77. The molecule has 1 heterocycles. The SMILES string of the molecule is Cc1ccc([N+](=O)[O-])cc1S(=O)(=O)NCCc1ccns1. The van der Waals surface area contributed by atoms with E-state index in [1.54, 1.807) is 13.1 Å². The van der Waals surface area contributed by atoms with E-state index in [2.05, 4.69) is 9.10 Å². The van der Waals surface area contributed by atoms with E-state index < -0.39 is 14.9 Å². The Labute approximate surface area is 126 Å². The number of nitrogens with one attached hydrogen (secondary N) is 1. The van der Waals surface area contributed by atoms with Crippen molar-refractivity contribution >= 4 is 27.2 Å². The maximum Gasteiger partial charge on any atom is 0.270 e. The highest BCUT2D eigenvalue weighted by molar-refractivity contribution is 7.89. The van der Waals surface area contributed by atoms with Crippen molar-refractivity contribution in [3.05, 3.63) is 51.0 Å². The lowest BCUT2D eigenvalue weighted by atomic mass is 10.2. The molecule has 0 saturated carbocycles. The third-order valence-corrected chi connectivity index (χ3v) is 5.23. The molecular weight excluding hydrogens is 314 g/mol. The van der Waals surface area contributed by atoms with Crippen LogP contribution in [0.5, 0.6) is 0 Å². The second-order valence-electron chi connectivity index (χ2n) is 4.33. The minimum Gasteiger partial charge on any atom is -0.258 e. The Bertz CT molecular complexity index is 742. The summed E-state index contributed by atoms with van der Waals surface area (Å²) in [5.41, 5.74) is 0.217. The van der Waals surface area contributed by atoms with Gasteiger partial charge in [0.1, 0.15) is 0 Å². The van der Waals surface area contributed by atoms with Gasteiger partial charge in [0.05, 0.1) is 9.82 Å². The van der Waals surface area contributed by atoms with Crippen molar-refractivity contribution in [1.82, 2.24) is 9.10 Å². The topological polar surface area (TPSA) is 102 Å². The summed E-state index contributed by atoms with van der Waals surface area (Å²) in [5, 5.41) is 10.7. The molecular formula is C12H13N3O4S2. The number of benzene rings is 1. The van der Waals surface area contributed by atoms with Gasteiger partial charge in [0.15, 0.2) is 0 Å². The van der Waals surface area contributed by atoms with Crippen LogP contribution in [-0.4, -0.2) is 24.3 Å². The van der Waals surface area contributed by atoms with Crippen LogP contribution in [-0.2, 0) is 16.4 Å². The highest BCUT2D eigenvalue weighted by atomic mass is 32.2. The predicted octanol–water partition coefficient (Wildman–Crippen LogP) is 1.88. The third-order valence-electron chi connectivity index (χ3n) is 2.83. The molecule has 0 aliphatic carbocycles. The molecule has 1 aromatic heterocycles. The smallest absolute Gasteiger partial charge is 0.258 e. The number of aromatic nitrogens is 1. The second kappa shape index (κ2) is 6.29. The maximum absolute atomic E-state index is 12.2. The average Bonchev–Trinajstić information content (AvgIpc) is 2.91. The first-order valence-electron chi connectivity index (χ1n) is 6.04. The molecule has 0 aliphatic heterocycles. The molecule has 0 radical (unpaired) electrons. The highest BCUT2D eigenvalue weighted by Gasteiger charge is 2.20. The van der Waals surface area contributed by atoms with Gasteiger partial charge in [0.2, 0.25) is 10.0 Å². The fraction of sp³-hybridized carbons (Fsp3) is 0.250. The molecule has 2 rings (SSSR count). The number of hydrogen-bond donors (Lipinski definition) is 1. The van der Waals surface area contributed by atoms with E-state index in [0.717, 1.165) is 10.9 Å². The molecule has 2 aromatic rings. The number of nitro benzene ring substituents is 1. The monoisotopic (exact) mass is 327 g/mol. The van der Waals surface area contributed by atoms with E-state index in [1.807, 2.05) is 6.07 Å². The molecule has 21 heavy (non-hydrogen) atoms. The number of aryl methyl sites for hydroxylation is 1. The van der Waals surface area contributed by atoms with E-state index in [9.17, 15) is 18.5 Å².